The molecule has 0 bridgehead atoms. The Morgan fingerprint density at radius 2 is 2.00 bits per heavy atom. The lowest BCUT2D eigenvalue weighted by atomic mass is 9.85. The van der Waals surface area contributed by atoms with Crippen molar-refractivity contribution in [1.29, 1.82) is 5.26 Å². The molecule has 0 saturated heterocycles. The summed E-state index contributed by atoms with van der Waals surface area (Å²) in [6.45, 7) is -0.886. The third-order valence-electron chi connectivity index (χ3n) is 3.94. The van der Waals surface area contributed by atoms with E-state index < -0.39 is 24.0 Å². The van der Waals surface area contributed by atoms with Crippen LogP contribution < -0.4 is 11.2 Å². The molecule has 1 aromatic rings. The fraction of sp³-hybridized carbons (Fsp3) is 0.643. The highest BCUT2D eigenvalue weighted by atomic mass is 16.3. The monoisotopic (exact) mass is 293 g/mol. The van der Waals surface area contributed by atoms with Gasteiger partial charge in [0, 0.05) is 11.6 Å². The van der Waals surface area contributed by atoms with Gasteiger partial charge < -0.3 is 15.2 Å². The summed E-state index contributed by atoms with van der Waals surface area (Å²) in [6.07, 6.45) is 3.66. The molecule has 7 nitrogen and oxygen atoms in total. The number of nitrogens with zero attached hydrogens (tertiary/aromatic N) is 2. The van der Waals surface area contributed by atoms with Crippen molar-refractivity contribution in [2.75, 3.05) is 6.61 Å². The first-order valence-electron chi connectivity index (χ1n) is 7.14. The molecule has 1 aliphatic carbocycles. The highest BCUT2D eigenvalue weighted by Crippen LogP contribution is 2.31. The fourth-order valence-corrected chi connectivity index (χ4v) is 2.83. The van der Waals surface area contributed by atoms with E-state index >= 15 is 0 Å². The summed E-state index contributed by atoms with van der Waals surface area (Å²) in [5.41, 5.74) is -0.991. The first-order valence-corrected chi connectivity index (χ1v) is 7.14. The van der Waals surface area contributed by atoms with Gasteiger partial charge in [-0.2, -0.15) is 5.26 Å². The standard InChI is InChI=1S/C14H19N3O4/c15-6-11-12(9-4-2-1-3-5-9)16-14(21)17(13(11)20)7-10(19)8-18/h9-10,18-19H,1-5,7-8H2,(H,16,21). The van der Waals surface area contributed by atoms with Crippen LogP contribution in [0.25, 0.3) is 0 Å². The van der Waals surface area contributed by atoms with Gasteiger partial charge in [-0.25, -0.2) is 4.79 Å². The highest BCUT2D eigenvalue weighted by molar-refractivity contribution is 5.33. The second-order valence-corrected chi connectivity index (χ2v) is 5.42. The number of nitrogens with one attached hydrogen (secondary N) is 1. The van der Waals surface area contributed by atoms with Gasteiger partial charge in [-0.15, -0.1) is 0 Å². The van der Waals surface area contributed by atoms with Gasteiger partial charge in [-0.1, -0.05) is 19.3 Å². The molecular weight excluding hydrogens is 274 g/mol. The predicted molar refractivity (Wildman–Crippen MR) is 75.0 cm³/mol. The van der Waals surface area contributed by atoms with E-state index in [1.165, 1.54) is 0 Å². The molecule has 1 aromatic heterocycles. The molecule has 7 heteroatoms. The first-order chi connectivity index (χ1) is 10.1. The van der Waals surface area contributed by atoms with E-state index in [1.807, 2.05) is 6.07 Å². The van der Waals surface area contributed by atoms with Gasteiger partial charge in [0.25, 0.3) is 5.56 Å². The maximum Gasteiger partial charge on any atom is 0.328 e. The Morgan fingerprint density at radius 1 is 1.33 bits per heavy atom. The number of aromatic nitrogens is 2. The second-order valence-electron chi connectivity index (χ2n) is 5.42. The SMILES string of the molecule is N#Cc1c(C2CCCCC2)[nH]c(=O)n(CC(O)CO)c1=O. The zero-order valence-corrected chi connectivity index (χ0v) is 11.7. The first kappa shape index (κ1) is 15.5. The van der Waals surface area contributed by atoms with Crippen molar-refractivity contribution in [2.24, 2.45) is 0 Å². The number of nitriles is 1. The van der Waals surface area contributed by atoms with Crippen LogP contribution in [0.2, 0.25) is 0 Å². The van der Waals surface area contributed by atoms with E-state index in [9.17, 15) is 20.0 Å². The van der Waals surface area contributed by atoms with Crippen LogP contribution in [0.15, 0.2) is 9.59 Å². The van der Waals surface area contributed by atoms with Crippen molar-refractivity contribution >= 4 is 0 Å². The molecule has 1 atom stereocenters. The van der Waals surface area contributed by atoms with Crippen LogP contribution in [0.1, 0.15) is 49.3 Å². The largest absolute Gasteiger partial charge is 0.394 e. The molecule has 0 aromatic carbocycles. The van der Waals surface area contributed by atoms with E-state index in [0.717, 1.165) is 36.7 Å². The van der Waals surface area contributed by atoms with Crippen molar-refractivity contribution in [3.63, 3.8) is 0 Å². The zero-order valence-electron chi connectivity index (χ0n) is 11.7. The summed E-state index contributed by atoms with van der Waals surface area (Å²) in [5, 5.41) is 27.5. The minimum absolute atomic E-state index is 0.0335. The molecule has 114 valence electrons. The smallest absolute Gasteiger partial charge is 0.328 e. The van der Waals surface area contributed by atoms with E-state index in [-0.39, 0.29) is 18.0 Å². The Morgan fingerprint density at radius 3 is 2.57 bits per heavy atom. The molecule has 0 spiro atoms. The van der Waals surface area contributed by atoms with Crippen molar-refractivity contribution in [3.8, 4) is 6.07 Å². The van der Waals surface area contributed by atoms with Crippen LogP contribution in [-0.4, -0.2) is 32.5 Å². The van der Waals surface area contributed by atoms with Crippen LogP contribution >= 0.6 is 0 Å². The molecule has 2 rings (SSSR count). The maximum atomic E-state index is 12.3. The van der Waals surface area contributed by atoms with Crippen LogP contribution in [0.4, 0.5) is 0 Å². The average molecular weight is 293 g/mol. The Hall–Kier alpha value is -1.91. The van der Waals surface area contributed by atoms with Gasteiger partial charge in [0.2, 0.25) is 0 Å². The van der Waals surface area contributed by atoms with E-state index in [2.05, 4.69) is 4.98 Å². The molecule has 1 fully saturated rings. The summed E-state index contributed by atoms with van der Waals surface area (Å²) < 4.78 is 0.770. The molecule has 0 aliphatic heterocycles. The number of H-pyrrole nitrogens is 1. The molecule has 3 N–H and O–H groups in total. The molecule has 0 radical (unpaired) electrons. The van der Waals surface area contributed by atoms with Gasteiger partial charge >= 0.3 is 5.69 Å². The number of aromatic amines is 1. The Kier molecular flexibility index (Phi) is 4.94. The van der Waals surface area contributed by atoms with Crippen molar-refractivity contribution in [3.05, 3.63) is 32.1 Å². The summed E-state index contributed by atoms with van der Waals surface area (Å²) in [6, 6.07) is 1.87. The van der Waals surface area contributed by atoms with Gasteiger partial charge in [-0.3, -0.25) is 9.36 Å². The number of aliphatic hydroxyl groups is 2. The van der Waals surface area contributed by atoms with Crippen molar-refractivity contribution < 1.29 is 10.2 Å². The number of hydrogen-bond acceptors (Lipinski definition) is 5. The topological polar surface area (TPSA) is 119 Å². The van der Waals surface area contributed by atoms with E-state index in [0.29, 0.717) is 5.69 Å². The lowest BCUT2D eigenvalue weighted by Gasteiger charge is -2.22. The quantitative estimate of drug-likeness (QED) is 0.711. The molecule has 21 heavy (non-hydrogen) atoms. The van der Waals surface area contributed by atoms with Gasteiger partial charge in [0.15, 0.2) is 0 Å². The maximum absolute atomic E-state index is 12.3. The number of aliphatic hydroxyl groups excluding tert-OH is 2. The molecular formula is C14H19N3O4. The molecule has 0 amide bonds. The minimum atomic E-state index is -1.21. The van der Waals surface area contributed by atoms with Gasteiger partial charge in [0.1, 0.15) is 11.6 Å². The van der Waals surface area contributed by atoms with E-state index in [4.69, 9.17) is 5.11 Å². The van der Waals surface area contributed by atoms with Gasteiger partial charge in [0.05, 0.1) is 19.3 Å². The van der Waals surface area contributed by atoms with E-state index in [1.54, 1.807) is 0 Å². The molecule has 1 heterocycles. The Labute approximate surface area is 121 Å². The summed E-state index contributed by atoms with van der Waals surface area (Å²) in [5.74, 6) is 0.0335. The predicted octanol–water partition coefficient (Wildman–Crippen LogP) is -0.191. The number of rotatable bonds is 4. The Balaban J connectivity index is 2.47. The summed E-state index contributed by atoms with van der Waals surface area (Å²) in [4.78, 5) is 26.9. The van der Waals surface area contributed by atoms with Crippen molar-refractivity contribution in [1.82, 2.24) is 9.55 Å². The zero-order chi connectivity index (χ0) is 15.4. The lowest BCUT2D eigenvalue weighted by molar-refractivity contribution is 0.0792. The summed E-state index contributed by atoms with van der Waals surface area (Å²) >= 11 is 0. The third kappa shape index (κ3) is 3.23. The van der Waals surface area contributed by atoms with Crippen LogP contribution in [0.5, 0.6) is 0 Å². The fourth-order valence-electron chi connectivity index (χ4n) is 2.83. The van der Waals surface area contributed by atoms with Gasteiger partial charge in [-0.05, 0) is 12.8 Å². The van der Waals surface area contributed by atoms with Crippen LogP contribution in [-0.2, 0) is 6.54 Å². The Bertz CT molecular complexity index is 650. The van der Waals surface area contributed by atoms with Crippen LogP contribution in [0.3, 0.4) is 0 Å². The normalized spacial score (nSPS) is 17.4. The summed E-state index contributed by atoms with van der Waals surface area (Å²) in [7, 11) is 0. The second kappa shape index (κ2) is 6.70. The molecule has 1 unspecified atom stereocenters. The number of hydrogen-bond donors (Lipinski definition) is 3. The van der Waals surface area contributed by atoms with Crippen molar-refractivity contribution in [2.45, 2.75) is 50.7 Å². The average Bonchev–Trinajstić information content (AvgIpc) is 2.51. The lowest BCUT2D eigenvalue weighted by Crippen LogP contribution is -2.42. The highest BCUT2D eigenvalue weighted by Gasteiger charge is 2.23. The molecule has 1 saturated carbocycles. The minimum Gasteiger partial charge on any atom is -0.394 e. The molecule has 1 aliphatic rings. The third-order valence-corrected chi connectivity index (χ3v) is 3.94. The van der Waals surface area contributed by atoms with Crippen LogP contribution in [0, 0.1) is 11.3 Å².